The minimum absolute atomic E-state index is 0.256. The molecule has 0 spiro atoms. The molecule has 0 bridgehead atoms. The van der Waals surface area contributed by atoms with Gasteiger partial charge in [-0.1, -0.05) is 59.7 Å². The number of hydrogen-bond acceptors (Lipinski definition) is 0. The first kappa shape index (κ1) is 13.6. The van der Waals surface area contributed by atoms with Crippen LogP contribution in [0.25, 0.3) is 0 Å². The van der Waals surface area contributed by atoms with Gasteiger partial charge in [0, 0.05) is 0 Å². The second kappa shape index (κ2) is 4.40. The zero-order valence-electron chi connectivity index (χ0n) is 12.9. The molecule has 0 aromatic heterocycles. The van der Waals surface area contributed by atoms with Crippen LogP contribution < -0.4 is 0 Å². The fraction of sp³-hybridized carbons (Fsp3) is 0.667. The fourth-order valence-corrected chi connectivity index (χ4v) is 3.40. The first-order valence-corrected chi connectivity index (χ1v) is 7.33. The van der Waals surface area contributed by atoms with E-state index in [1.807, 2.05) is 0 Å². The summed E-state index contributed by atoms with van der Waals surface area (Å²) in [6, 6.07) is 6.95. The smallest absolute Gasteiger partial charge is 0.0107 e. The van der Waals surface area contributed by atoms with Crippen molar-refractivity contribution in [2.24, 2.45) is 5.41 Å². The molecule has 2 rings (SSSR count). The highest BCUT2D eigenvalue weighted by Crippen LogP contribution is 2.47. The van der Waals surface area contributed by atoms with Gasteiger partial charge in [0.15, 0.2) is 0 Å². The van der Waals surface area contributed by atoms with Gasteiger partial charge in [-0.25, -0.2) is 0 Å². The van der Waals surface area contributed by atoms with Gasteiger partial charge in [-0.15, -0.1) is 0 Å². The van der Waals surface area contributed by atoms with Gasteiger partial charge in [-0.05, 0) is 52.7 Å². The standard InChI is InChI=1S/C18H28/c1-17(2,3)14-11-7-9-13-10-8-12-15(16(13)14)18(4,5)6/h7,9,11,15H,8,10,12H2,1-6H3. The van der Waals surface area contributed by atoms with Crippen molar-refractivity contribution >= 4 is 0 Å². The SMILES string of the molecule is CC(C)(C)c1cccc2c1C(C(C)(C)C)CCC2. The minimum atomic E-state index is 0.256. The lowest BCUT2D eigenvalue weighted by Crippen LogP contribution is -2.27. The summed E-state index contributed by atoms with van der Waals surface area (Å²) in [7, 11) is 0. The highest BCUT2D eigenvalue weighted by atomic mass is 14.4. The Balaban J connectivity index is 2.61. The summed E-state index contributed by atoms with van der Waals surface area (Å²) < 4.78 is 0. The predicted octanol–water partition coefficient (Wildman–Crippen LogP) is 5.45. The Hall–Kier alpha value is -0.780. The quantitative estimate of drug-likeness (QED) is 0.569. The highest BCUT2D eigenvalue weighted by molar-refractivity contribution is 5.44. The van der Waals surface area contributed by atoms with Gasteiger partial charge in [0.1, 0.15) is 0 Å². The predicted molar refractivity (Wildman–Crippen MR) is 80.3 cm³/mol. The van der Waals surface area contributed by atoms with E-state index in [1.165, 1.54) is 19.3 Å². The fourth-order valence-electron chi connectivity index (χ4n) is 3.40. The largest absolute Gasteiger partial charge is 0.0617 e. The van der Waals surface area contributed by atoms with Crippen LogP contribution in [0.1, 0.15) is 77.0 Å². The minimum Gasteiger partial charge on any atom is -0.0617 e. The summed E-state index contributed by atoms with van der Waals surface area (Å²) in [4.78, 5) is 0. The third-order valence-electron chi connectivity index (χ3n) is 4.34. The van der Waals surface area contributed by atoms with E-state index in [1.54, 1.807) is 16.7 Å². The molecule has 100 valence electrons. The molecule has 0 radical (unpaired) electrons. The zero-order chi connectivity index (χ0) is 13.6. The van der Waals surface area contributed by atoms with E-state index in [9.17, 15) is 0 Å². The maximum atomic E-state index is 2.40. The van der Waals surface area contributed by atoms with Crippen LogP contribution in [-0.4, -0.2) is 0 Å². The van der Waals surface area contributed by atoms with Crippen LogP contribution >= 0.6 is 0 Å². The molecule has 0 N–H and O–H groups in total. The van der Waals surface area contributed by atoms with Crippen molar-refractivity contribution in [3.05, 3.63) is 34.9 Å². The summed E-state index contributed by atoms with van der Waals surface area (Å²) in [5, 5.41) is 0. The number of fused-ring (bicyclic) bond motifs is 1. The Bertz CT molecular complexity index is 426. The second-order valence-electron chi connectivity index (χ2n) is 7.94. The van der Waals surface area contributed by atoms with Crippen molar-refractivity contribution in [2.75, 3.05) is 0 Å². The van der Waals surface area contributed by atoms with Crippen molar-refractivity contribution in [1.82, 2.24) is 0 Å². The first-order chi connectivity index (χ1) is 8.21. The molecule has 1 atom stereocenters. The van der Waals surface area contributed by atoms with E-state index in [4.69, 9.17) is 0 Å². The molecular weight excluding hydrogens is 216 g/mol. The van der Waals surface area contributed by atoms with Gasteiger partial charge < -0.3 is 0 Å². The third kappa shape index (κ3) is 2.48. The van der Waals surface area contributed by atoms with E-state index < -0.39 is 0 Å². The molecule has 18 heavy (non-hydrogen) atoms. The van der Waals surface area contributed by atoms with Crippen LogP contribution in [0.2, 0.25) is 0 Å². The Labute approximate surface area is 113 Å². The van der Waals surface area contributed by atoms with Crippen molar-refractivity contribution in [3.63, 3.8) is 0 Å². The van der Waals surface area contributed by atoms with Crippen molar-refractivity contribution in [1.29, 1.82) is 0 Å². The Morgan fingerprint density at radius 3 is 2.22 bits per heavy atom. The summed E-state index contributed by atoms with van der Waals surface area (Å²) in [6.07, 6.45) is 3.97. The lowest BCUT2D eigenvalue weighted by Gasteiger charge is -2.39. The van der Waals surface area contributed by atoms with Crippen LogP contribution in [0.5, 0.6) is 0 Å². The molecule has 0 nitrogen and oxygen atoms in total. The second-order valence-corrected chi connectivity index (χ2v) is 7.94. The number of rotatable bonds is 0. The monoisotopic (exact) mass is 244 g/mol. The molecule has 1 aliphatic rings. The van der Waals surface area contributed by atoms with E-state index >= 15 is 0 Å². The molecule has 1 unspecified atom stereocenters. The van der Waals surface area contributed by atoms with Gasteiger partial charge in [0.2, 0.25) is 0 Å². The molecule has 1 aromatic rings. The van der Waals surface area contributed by atoms with Gasteiger partial charge in [0.05, 0.1) is 0 Å². The van der Waals surface area contributed by atoms with E-state index in [0.717, 1.165) is 5.92 Å². The zero-order valence-corrected chi connectivity index (χ0v) is 12.9. The van der Waals surface area contributed by atoms with Crippen LogP contribution in [0.4, 0.5) is 0 Å². The molecule has 0 heteroatoms. The lowest BCUT2D eigenvalue weighted by molar-refractivity contribution is 0.285. The summed E-state index contributed by atoms with van der Waals surface area (Å²) in [5.74, 6) is 0.719. The third-order valence-corrected chi connectivity index (χ3v) is 4.34. The number of benzene rings is 1. The van der Waals surface area contributed by atoms with Crippen molar-refractivity contribution in [3.8, 4) is 0 Å². The van der Waals surface area contributed by atoms with E-state index in [2.05, 4.69) is 59.7 Å². The average molecular weight is 244 g/mol. The Kier molecular flexibility index (Phi) is 3.34. The Morgan fingerprint density at radius 1 is 1.00 bits per heavy atom. The van der Waals surface area contributed by atoms with Gasteiger partial charge in [0.25, 0.3) is 0 Å². The molecule has 0 aliphatic heterocycles. The first-order valence-electron chi connectivity index (χ1n) is 7.33. The van der Waals surface area contributed by atoms with E-state index in [0.29, 0.717) is 5.41 Å². The van der Waals surface area contributed by atoms with Crippen LogP contribution in [-0.2, 0) is 11.8 Å². The number of hydrogen-bond donors (Lipinski definition) is 0. The molecular formula is C18H28. The molecule has 1 aromatic carbocycles. The van der Waals surface area contributed by atoms with Crippen LogP contribution in [0.15, 0.2) is 18.2 Å². The number of aryl methyl sites for hydroxylation is 1. The topological polar surface area (TPSA) is 0 Å². The lowest BCUT2D eigenvalue weighted by atomic mass is 9.65. The average Bonchev–Trinajstić information content (AvgIpc) is 2.24. The molecule has 0 fully saturated rings. The van der Waals surface area contributed by atoms with Gasteiger partial charge in [-0.2, -0.15) is 0 Å². The molecule has 0 heterocycles. The van der Waals surface area contributed by atoms with Crippen molar-refractivity contribution in [2.45, 2.75) is 72.1 Å². The molecule has 0 saturated carbocycles. The molecule has 1 aliphatic carbocycles. The highest BCUT2D eigenvalue weighted by Gasteiger charge is 2.34. The Morgan fingerprint density at radius 2 is 1.67 bits per heavy atom. The van der Waals surface area contributed by atoms with Crippen LogP contribution in [0.3, 0.4) is 0 Å². The molecule has 0 saturated heterocycles. The van der Waals surface area contributed by atoms with Gasteiger partial charge >= 0.3 is 0 Å². The van der Waals surface area contributed by atoms with Crippen LogP contribution in [0, 0.1) is 5.41 Å². The normalized spacial score (nSPS) is 20.7. The maximum absolute atomic E-state index is 2.40. The summed E-state index contributed by atoms with van der Waals surface area (Å²) in [6.45, 7) is 14.2. The maximum Gasteiger partial charge on any atom is -0.0107 e. The summed E-state index contributed by atoms with van der Waals surface area (Å²) in [5.41, 5.74) is 5.47. The van der Waals surface area contributed by atoms with Crippen molar-refractivity contribution < 1.29 is 0 Å². The summed E-state index contributed by atoms with van der Waals surface area (Å²) >= 11 is 0. The molecule has 0 amide bonds. The van der Waals surface area contributed by atoms with E-state index in [-0.39, 0.29) is 5.41 Å². The van der Waals surface area contributed by atoms with Gasteiger partial charge in [-0.3, -0.25) is 0 Å².